The Hall–Kier alpha value is -2.13. The Balaban J connectivity index is 1.09. The fourth-order valence-corrected chi connectivity index (χ4v) is 7.85. The SMILES string of the molecule is CCCC(O)C1CCC(c2ccc(C3=CCC(C4CCC(c5ccc(OCC)c(F)c5)CC4)CC3)cc2)CC1. The van der Waals surface area contributed by atoms with Crippen LogP contribution >= 0.6 is 0 Å². The van der Waals surface area contributed by atoms with E-state index in [9.17, 15) is 9.50 Å². The summed E-state index contributed by atoms with van der Waals surface area (Å²) in [7, 11) is 0. The average Bonchev–Trinajstić information content (AvgIpc) is 2.99. The molecule has 1 N–H and O–H groups in total. The molecular formula is C36H49FO2. The van der Waals surface area contributed by atoms with Crippen LogP contribution < -0.4 is 4.74 Å². The van der Waals surface area contributed by atoms with E-state index in [0.717, 1.165) is 30.2 Å². The molecule has 2 aromatic rings. The van der Waals surface area contributed by atoms with E-state index < -0.39 is 0 Å². The molecule has 5 rings (SSSR count). The smallest absolute Gasteiger partial charge is 0.165 e. The second-order valence-corrected chi connectivity index (χ2v) is 12.6. The first-order chi connectivity index (χ1) is 19.1. The van der Waals surface area contributed by atoms with Gasteiger partial charge in [-0.3, -0.25) is 0 Å². The van der Waals surface area contributed by atoms with Crippen molar-refractivity contribution in [2.24, 2.45) is 17.8 Å². The van der Waals surface area contributed by atoms with E-state index in [1.165, 1.54) is 87.3 Å². The van der Waals surface area contributed by atoms with Crippen LogP contribution in [0.3, 0.4) is 0 Å². The first kappa shape index (κ1) is 28.4. The number of allylic oxidation sites excluding steroid dienone is 2. The van der Waals surface area contributed by atoms with Gasteiger partial charge in [-0.2, -0.15) is 0 Å². The summed E-state index contributed by atoms with van der Waals surface area (Å²) in [5.41, 5.74) is 5.57. The monoisotopic (exact) mass is 532 g/mol. The van der Waals surface area contributed by atoms with Crippen molar-refractivity contribution < 1.29 is 14.2 Å². The van der Waals surface area contributed by atoms with Gasteiger partial charge in [0.25, 0.3) is 0 Å². The molecule has 3 aliphatic rings. The van der Waals surface area contributed by atoms with Gasteiger partial charge in [-0.1, -0.05) is 49.8 Å². The predicted molar refractivity (Wildman–Crippen MR) is 160 cm³/mol. The standard InChI is InChI=1S/C36H49FO2/c1-3-5-35(38)32-20-18-30(19-21-32)28-12-10-26(11-13-28)25-6-8-27(9-7-25)29-14-16-31(17-15-29)33-22-23-36(39-4-2)34(37)24-33/h6,10-13,22-24,27,29-32,35,38H,3-5,7-9,14-21H2,1-2H3. The molecule has 3 heteroatoms. The summed E-state index contributed by atoms with van der Waals surface area (Å²) in [6.45, 7) is 4.55. The lowest BCUT2D eigenvalue weighted by molar-refractivity contribution is 0.0730. The molecule has 39 heavy (non-hydrogen) atoms. The number of ether oxygens (including phenoxy) is 1. The van der Waals surface area contributed by atoms with Gasteiger partial charge < -0.3 is 9.84 Å². The molecule has 0 amide bonds. The van der Waals surface area contributed by atoms with Crippen LogP contribution in [0.2, 0.25) is 0 Å². The molecule has 0 spiro atoms. The minimum atomic E-state index is -0.218. The predicted octanol–water partition coefficient (Wildman–Crippen LogP) is 9.82. The molecule has 2 unspecified atom stereocenters. The number of aliphatic hydroxyl groups excluding tert-OH is 1. The fourth-order valence-electron chi connectivity index (χ4n) is 7.85. The Morgan fingerprint density at radius 1 is 0.821 bits per heavy atom. The van der Waals surface area contributed by atoms with Crippen LogP contribution in [0.5, 0.6) is 5.75 Å². The maximum atomic E-state index is 14.4. The van der Waals surface area contributed by atoms with Crippen molar-refractivity contribution in [2.75, 3.05) is 6.61 Å². The summed E-state index contributed by atoms with van der Waals surface area (Å²) < 4.78 is 19.8. The Labute approximate surface area is 236 Å². The Bertz CT molecular complexity index is 1070. The Morgan fingerprint density at radius 2 is 1.49 bits per heavy atom. The number of halogens is 1. The molecule has 212 valence electrons. The van der Waals surface area contributed by atoms with E-state index in [-0.39, 0.29) is 11.9 Å². The molecule has 0 saturated heterocycles. The number of rotatable bonds is 9. The topological polar surface area (TPSA) is 29.5 Å². The molecule has 0 aromatic heterocycles. The zero-order valence-corrected chi connectivity index (χ0v) is 24.2. The molecule has 2 atom stereocenters. The van der Waals surface area contributed by atoms with Gasteiger partial charge in [0.2, 0.25) is 0 Å². The quantitative estimate of drug-likeness (QED) is 0.348. The van der Waals surface area contributed by atoms with Crippen molar-refractivity contribution in [3.63, 3.8) is 0 Å². The first-order valence-corrected chi connectivity index (χ1v) is 15.9. The van der Waals surface area contributed by atoms with E-state index in [0.29, 0.717) is 30.1 Å². The second-order valence-electron chi connectivity index (χ2n) is 12.6. The third-order valence-corrected chi connectivity index (χ3v) is 10.3. The van der Waals surface area contributed by atoms with E-state index >= 15 is 0 Å². The van der Waals surface area contributed by atoms with Crippen molar-refractivity contribution >= 4 is 5.57 Å². The number of hydrogen-bond acceptors (Lipinski definition) is 2. The molecule has 2 nitrogen and oxygen atoms in total. The van der Waals surface area contributed by atoms with Crippen LogP contribution in [0.25, 0.3) is 5.57 Å². The van der Waals surface area contributed by atoms with Gasteiger partial charge in [0.05, 0.1) is 12.7 Å². The van der Waals surface area contributed by atoms with Crippen LogP contribution in [0.4, 0.5) is 4.39 Å². The average molecular weight is 533 g/mol. The number of benzene rings is 2. The highest BCUT2D eigenvalue weighted by atomic mass is 19.1. The Morgan fingerprint density at radius 3 is 2.10 bits per heavy atom. The van der Waals surface area contributed by atoms with Gasteiger partial charge in [-0.15, -0.1) is 0 Å². The lowest BCUT2D eigenvalue weighted by atomic mass is 9.70. The van der Waals surface area contributed by atoms with Crippen LogP contribution in [0.1, 0.15) is 126 Å². The molecule has 2 saturated carbocycles. The summed E-state index contributed by atoms with van der Waals surface area (Å²) in [4.78, 5) is 0. The molecule has 0 aliphatic heterocycles. The van der Waals surface area contributed by atoms with Gasteiger partial charge in [0.1, 0.15) is 0 Å². The zero-order chi connectivity index (χ0) is 27.2. The maximum Gasteiger partial charge on any atom is 0.165 e. The largest absolute Gasteiger partial charge is 0.491 e. The highest BCUT2D eigenvalue weighted by Crippen LogP contribution is 2.44. The number of aliphatic hydroxyl groups is 1. The summed E-state index contributed by atoms with van der Waals surface area (Å²) in [5, 5.41) is 10.4. The zero-order valence-electron chi connectivity index (χ0n) is 24.2. The molecular weight excluding hydrogens is 483 g/mol. The van der Waals surface area contributed by atoms with Crippen LogP contribution in [-0.2, 0) is 0 Å². The van der Waals surface area contributed by atoms with Gasteiger partial charge >= 0.3 is 0 Å². The summed E-state index contributed by atoms with van der Waals surface area (Å²) in [6, 6.07) is 15.1. The van der Waals surface area contributed by atoms with E-state index in [1.54, 1.807) is 6.07 Å². The molecule has 3 aliphatic carbocycles. The van der Waals surface area contributed by atoms with E-state index in [1.807, 2.05) is 13.0 Å². The molecule has 2 aromatic carbocycles. The summed E-state index contributed by atoms with van der Waals surface area (Å²) in [6.07, 6.45) is 17.8. The van der Waals surface area contributed by atoms with Crippen molar-refractivity contribution in [3.8, 4) is 5.75 Å². The van der Waals surface area contributed by atoms with Crippen molar-refractivity contribution in [2.45, 2.75) is 115 Å². The lowest BCUT2D eigenvalue weighted by Gasteiger charge is -2.36. The molecule has 0 bridgehead atoms. The normalized spacial score (nSPS) is 28.5. The minimum absolute atomic E-state index is 0.0988. The lowest BCUT2D eigenvalue weighted by Crippen LogP contribution is -2.25. The highest BCUT2D eigenvalue weighted by molar-refractivity contribution is 5.66. The van der Waals surface area contributed by atoms with Gasteiger partial charge in [-0.25, -0.2) is 4.39 Å². The fraction of sp³-hybridized carbons (Fsp3) is 0.611. The number of hydrogen-bond donors (Lipinski definition) is 1. The third kappa shape index (κ3) is 6.96. The van der Waals surface area contributed by atoms with Crippen molar-refractivity contribution in [1.82, 2.24) is 0 Å². The highest BCUT2D eigenvalue weighted by Gasteiger charge is 2.30. The molecule has 0 heterocycles. The first-order valence-electron chi connectivity index (χ1n) is 15.9. The maximum absolute atomic E-state index is 14.4. The van der Waals surface area contributed by atoms with Gasteiger partial charge in [-0.05, 0) is 148 Å². The van der Waals surface area contributed by atoms with Crippen molar-refractivity contribution in [1.29, 1.82) is 0 Å². The van der Waals surface area contributed by atoms with Crippen LogP contribution in [-0.4, -0.2) is 17.8 Å². The van der Waals surface area contributed by atoms with E-state index in [4.69, 9.17) is 4.74 Å². The third-order valence-electron chi connectivity index (χ3n) is 10.3. The van der Waals surface area contributed by atoms with Gasteiger partial charge in [0, 0.05) is 0 Å². The molecule has 2 fully saturated rings. The minimum Gasteiger partial charge on any atom is -0.491 e. The second kappa shape index (κ2) is 13.5. The molecule has 0 radical (unpaired) electrons. The van der Waals surface area contributed by atoms with Gasteiger partial charge in [0.15, 0.2) is 11.6 Å². The Kier molecular flexibility index (Phi) is 9.82. The summed E-state index contributed by atoms with van der Waals surface area (Å²) >= 11 is 0. The van der Waals surface area contributed by atoms with E-state index in [2.05, 4.69) is 43.3 Å². The summed E-state index contributed by atoms with van der Waals surface area (Å²) in [5.74, 6) is 3.40. The van der Waals surface area contributed by atoms with Crippen LogP contribution in [0.15, 0.2) is 48.5 Å². The van der Waals surface area contributed by atoms with Crippen LogP contribution in [0, 0.1) is 23.6 Å². The van der Waals surface area contributed by atoms with Crippen molar-refractivity contribution in [3.05, 3.63) is 71.0 Å².